The number of amides is 4. The number of urea groups is 1. The van der Waals surface area contributed by atoms with Gasteiger partial charge in [-0.1, -0.05) is 61.7 Å². The quantitative estimate of drug-likeness (QED) is 0.669. The van der Waals surface area contributed by atoms with E-state index in [9.17, 15) is 19.6 Å². The normalized spacial score (nSPS) is 22.2. The molecule has 8 heteroatoms. The topological polar surface area (TPSA) is 93.5 Å². The fourth-order valence-electron chi connectivity index (χ4n) is 4.76. The Bertz CT molecular complexity index is 1130. The molecule has 2 atom stereocenters. The summed E-state index contributed by atoms with van der Waals surface area (Å²) in [6, 6.07) is 15.5. The van der Waals surface area contributed by atoms with E-state index in [1.807, 2.05) is 37.3 Å². The van der Waals surface area contributed by atoms with Gasteiger partial charge in [-0.15, -0.1) is 0 Å². The van der Waals surface area contributed by atoms with Gasteiger partial charge in [0, 0.05) is 5.02 Å². The van der Waals surface area contributed by atoms with Crippen molar-refractivity contribution in [3.63, 3.8) is 0 Å². The highest BCUT2D eigenvalue weighted by atomic mass is 35.5. The molecule has 4 rings (SSSR count). The number of hydrogen-bond acceptors (Lipinski definition) is 4. The number of anilines is 1. The van der Waals surface area contributed by atoms with E-state index in [-0.39, 0.29) is 23.9 Å². The van der Waals surface area contributed by atoms with Crippen molar-refractivity contribution in [1.29, 1.82) is 5.26 Å². The smallest absolute Gasteiger partial charge is 0.323 e. The summed E-state index contributed by atoms with van der Waals surface area (Å²) in [7, 11) is 0. The molecule has 33 heavy (non-hydrogen) atoms. The third-order valence-electron chi connectivity index (χ3n) is 6.65. The predicted molar refractivity (Wildman–Crippen MR) is 124 cm³/mol. The number of halogens is 1. The number of rotatable bonds is 5. The zero-order valence-electron chi connectivity index (χ0n) is 18.4. The van der Waals surface area contributed by atoms with Crippen molar-refractivity contribution in [3.05, 3.63) is 64.7 Å². The summed E-state index contributed by atoms with van der Waals surface area (Å²) in [4.78, 5) is 42.1. The van der Waals surface area contributed by atoms with Crippen LogP contribution < -0.4 is 10.2 Å². The molecule has 7 nitrogen and oxygen atoms in total. The van der Waals surface area contributed by atoms with Gasteiger partial charge in [0.15, 0.2) is 0 Å². The van der Waals surface area contributed by atoms with Crippen molar-refractivity contribution in [2.24, 2.45) is 5.92 Å². The first-order valence-corrected chi connectivity index (χ1v) is 11.4. The molecule has 4 amide bonds. The van der Waals surface area contributed by atoms with Crippen molar-refractivity contribution in [2.45, 2.75) is 44.7 Å². The monoisotopic (exact) mass is 464 g/mol. The molecule has 1 aliphatic carbocycles. The Hall–Kier alpha value is -3.37. The zero-order valence-corrected chi connectivity index (χ0v) is 19.1. The van der Waals surface area contributed by atoms with Gasteiger partial charge in [0.25, 0.3) is 5.91 Å². The van der Waals surface area contributed by atoms with E-state index in [2.05, 4.69) is 11.4 Å². The number of nitrogens with one attached hydrogen (secondary N) is 1. The van der Waals surface area contributed by atoms with E-state index in [0.29, 0.717) is 17.1 Å². The Morgan fingerprint density at radius 3 is 2.70 bits per heavy atom. The Kier molecular flexibility index (Phi) is 6.39. The van der Waals surface area contributed by atoms with Crippen LogP contribution in [0.4, 0.5) is 10.5 Å². The largest absolute Gasteiger partial charge is 0.325 e. The maximum atomic E-state index is 13.5. The molecule has 0 aromatic heterocycles. The number of hydrogen-bond donors (Lipinski definition) is 1. The van der Waals surface area contributed by atoms with Crippen LogP contribution in [0.1, 0.15) is 43.7 Å². The first kappa shape index (κ1) is 22.8. The lowest BCUT2D eigenvalue weighted by molar-refractivity contribution is -0.136. The minimum absolute atomic E-state index is 0.00125. The highest BCUT2D eigenvalue weighted by molar-refractivity contribution is 6.31. The zero-order chi connectivity index (χ0) is 23.6. The third kappa shape index (κ3) is 4.31. The van der Waals surface area contributed by atoms with Crippen molar-refractivity contribution in [3.8, 4) is 6.07 Å². The van der Waals surface area contributed by atoms with E-state index in [0.717, 1.165) is 29.7 Å². The molecule has 1 saturated carbocycles. The first-order valence-electron chi connectivity index (χ1n) is 11.0. The van der Waals surface area contributed by atoms with Gasteiger partial charge in [0.05, 0.1) is 17.8 Å². The van der Waals surface area contributed by atoms with Crippen molar-refractivity contribution in [1.82, 2.24) is 10.2 Å². The molecule has 1 aliphatic heterocycles. The van der Waals surface area contributed by atoms with Crippen molar-refractivity contribution < 1.29 is 14.4 Å². The average Bonchev–Trinajstić information content (AvgIpc) is 3.05. The minimum Gasteiger partial charge on any atom is -0.323 e. The number of carbonyl (C=O) groups excluding carboxylic acids is 3. The molecular weight excluding hydrogens is 440 g/mol. The number of nitriles is 1. The van der Waals surface area contributed by atoms with Gasteiger partial charge in [-0.2, -0.15) is 5.26 Å². The highest BCUT2D eigenvalue weighted by Gasteiger charge is 2.55. The summed E-state index contributed by atoms with van der Waals surface area (Å²) in [6.07, 6.45) is 3.29. The third-order valence-corrected chi connectivity index (χ3v) is 6.89. The minimum atomic E-state index is -0.937. The molecule has 2 fully saturated rings. The lowest BCUT2D eigenvalue weighted by Gasteiger charge is -2.36. The number of nitrogens with zero attached hydrogens (tertiary/aromatic N) is 3. The van der Waals surface area contributed by atoms with Crippen LogP contribution in [0.25, 0.3) is 0 Å². The molecule has 0 unspecified atom stereocenters. The molecule has 1 N–H and O–H groups in total. The average molecular weight is 465 g/mol. The summed E-state index contributed by atoms with van der Waals surface area (Å²) < 4.78 is 0. The van der Waals surface area contributed by atoms with Crippen LogP contribution in [0, 0.1) is 17.2 Å². The van der Waals surface area contributed by atoms with Gasteiger partial charge >= 0.3 is 6.03 Å². The molecule has 2 aromatic rings. The summed E-state index contributed by atoms with van der Waals surface area (Å²) in [5.41, 5.74) is 0.516. The molecule has 1 saturated heterocycles. The second kappa shape index (κ2) is 9.24. The van der Waals surface area contributed by atoms with Crippen molar-refractivity contribution >= 4 is 35.1 Å². The lowest BCUT2D eigenvalue weighted by Crippen LogP contribution is -2.54. The summed E-state index contributed by atoms with van der Waals surface area (Å²) in [6.45, 7) is 1.72. The summed E-state index contributed by atoms with van der Waals surface area (Å²) in [5.74, 6) is -0.817. The molecule has 170 valence electrons. The van der Waals surface area contributed by atoms with Crippen LogP contribution >= 0.6 is 11.6 Å². The van der Waals surface area contributed by atoms with Crippen molar-refractivity contribution in [2.75, 3.05) is 11.4 Å². The maximum Gasteiger partial charge on any atom is 0.325 e. The molecule has 1 spiro atoms. The standard InChI is InChI=1S/C25H25ClN4O3/c1-17-7-5-6-12-25(17)23(32)30(24(33)28-25)16-22(31)29(15-18-8-3-2-4-9-18)21-13-20(26)11-10-19(21)14-27/h2-4,8-11,13,17H,5-7,12,15-16H2,1H3,(H,28,33)/t17-,25-/m1/s1. The van der Waals surface area contributed by atoms with E-state index in [1.165, 1.54) is 4.90 Å². The van der Waals surface area contributed by atoms with Gasteiger partial charge in [-0.3, -0.25) is 14.5 Å². The second-order valence-electron chi connectivity index (χ2n) is 8.68. The fourth-order valence-corrected chi connectivity index (χ4v) is 4.92. The van der Waals surface area contributed by atoms with Crippen LogP contribution in [0.15, 0.2) is 48.5 Å². The molecule has 0 bridgehead atoms. The maximum absolute atomic E-state index is 13.5. The Morgan fingerprint density at radius 1 is 1.24 bits per heavy atom. The molecule has 1 heterocycles. The van der Waals surface area contributed by atoms with Crippen LogP contribution in [-0.2, 0) is 16.1 Å². The molecule has 0 radical (unpaired) electrons. The van der Waals surface area contributed by atoms with Gasteiger partial charge in [0.2, 0.25) is 5.91 Å². The van der Waals surface area contributed by atoms with Gasteiger partial charge < -0.3 is 10.2 Å². The number of benzene rings is 2. The number of imide groups is 1. The Morgan fingerprint density at radius 2 is 2.00 bits per heavy atom. The Labute approximate surface area is 197 Å². The molecule has 2 aliphatic rings. The summed E-state index contributed by atoms with van der Waals surface area (Å²) in [5, 5.41) is 12.9. The van der Waals surface area contributed by atoms with E-state index in [1.54, 1.807) is 18.2 Å². The predicted octanol–water partition coefficient (Wildman–Crippen LogP) is 4.25. The van der Waals surface area contributed by atoms with E-state index in [4.69, 9.17) is 11.6 Å². The van der Waals surface area contributed by atoms with Crippen LogP contribution in [0.3, 0.4) is 0 Å². The van der Waals surface area contributed by atoms with Gasteiger partial charge in [0.1, 0.15) is 18.2 Å². The first-order chi connectivity index (χ1) is 15.9. The van der Waals surface area contributed by atoms with Crippen LogP contribution in [-0.4, -0.2) is 34.8 Å². The SMILES string of the molecule is C[C@@H]1CCCC[C@@]12NC(=O)N(CC(=O)N(Cc1ccccc1)c1cc(Cl)ccc1C#N)C2=O. The Balaban J connectivity index is 1.65. The van der Waals surface area contributed by atoms with Gasteiger partial charge in [-0.05, 0) is 42.5 Å². The highest BCUT2D eigenvalue weighted by Crippen LogP contribution is 2.38. The van der Waals surface area contributed by atoms with Crippen LogP contribution in [0.2, 0.25) is 5.02 Å². The fraction of sp³-hybridized carbons (Fsp3) is 0.360. The number of carbonyl (C=O) groups is 3. The lowest BCUT2D eigenvalue weighted by atomic mass is 9.73. The second-order valence-corrected chi connectivity index (χ2v) is 9.11. The van der Waals surface area contributed by atoms with Crippen LogP contribution in [0.5, 0.6) is 0 Å². The van der Waals surface area contributed by atoms with E-state index < -0.39 is 24.0 Å². The molecule has 2 aromatic carbocycles. The van der Waals surface area contributed by atoms with E-state index >= 15 is 0 Å². The van der Waals surface area contributed by atoms with Gasteiger partial charge in [-0.25, -0.2) is 4.79 Å². The molecular formula is C25H25ClN4O3. The summed E-state index contributed by atoms with van der Waals surface area (Å²) >= 11 is 6.18.